The van der Waals surface area contributed by atoms with E-state index in [1.807, 2.05) is 0 Å². The minimum Gasteiger partial charge on any atom is -0.330 e. The van der Waals surface area contributed by atoms with Crippen LogP contribution in [0.15, 0.2) is 0 Å². The summed E-state index contributed by atoms with van der Waals surface area (Å²) in [4.78, 5) is 15.3. The van der Waals surface area contributed by atoms with E-state index in [0.717, 1.165) is 38.5 Å². The van der Waals surface area contributed by atoms with Crippen LogP contribution in [0.3, 0.4) is 0 Å². The summed E-state index contributed by atoms with van der Waals surface area (Å²) in [5, 5.41) is 0. The Labute approximate surface area is 122 Å². The molecule has 0 unspecified atom stereocenters. The van der Waals surface area contributed by atoms with Crippen molar-refractivity contribution < 1.29 is 22.4 Å². The first-order valence-corrected chi connectivity index (χ1v) is 9.06. The highest BCUT2D eigenvalue weighted by Crippen LogP contribution is 2.10. The Morgan fingerprint density at radius 1 is 0.900 bits per heavy atom. The molecule has 0 aliphatic carbocycles. The fourth-order valence-electron chi connectivity index (χ4n) is 1.79. The molecule has 0 saturated heterocycles. The van der Waals surface area contributed by atoms with Crippen molar-refractivity contribution in [2.75, 3.05) is 12.8 Å². The molecule has 0 aromatic heterocycles. The van der Waals surface area contributed by atoms with E-state index in [1.54, 1.807) is 0 Å². The van der Waals surface area contributed by atoms with Crippen molar-refractivity contribution in [3.05, 3.63) is 0 Å². The van der Waals surface area contributed by atoms with Crippen LogP contribution in [0.4, 0.5) is 0 Å². The van der Waals surface area contributed by atoms with Crippen molar-refractivity contribution in [2.24, 2.45) is 5.73 Å². The van der Waals surface area contributed by atoms with Crippen LogP contribution in [0, 0.1) is 0 Å². The molecule has 0 fully saturated rings. The molecule has 0 atom stereocenters. The summed E-state index contributed by atoms with van der Waals surface area (Å²) in [5.74, 6) is -0.641. The SMILES string of the molecule is CS(=O)(=O)OOC(=O)CCCCCCCCCCCN. The number of hydrogen-bond acceptors (Lipinski definition) is 6. The van der Waals surface area contributed by atoms with E-state index in [1.165, 1.54) is 25.7 Å². The second-order valence-corrected chi connectivity index (χ2v) is 6.49. The fraction of sp³-hybridized carbons (Fsp3) is 0.923. The van der Waals surface area contributed by atoms with E-state index in [9.17, 15) is 13.2 Å². The molecule has 120 valence electrons. The van der Waals surface area contributed by atoms with Crippen molar-refractivity contribution in [2.45, 2.75) is 64.2 Å². The van der Waals surface area contributed by atoms with Gasteiger partial charge in [-0.1, -0.05) is 49.3 Å². The standard InChI is InChI=1S/C13H27NO5S/c1-20(16,17)19-18-13(15)11-9-7-5-3-2-4-6-8-10-12-14/h2-12,14H2,1H3. The molecule has 0 spiro atoms. The minimum atomic E-state index is -3.72. The van der Waals surface area contributed by atoms with E-state index >= 15 is 0 Å². The van der Waals surface area contributed by atoms with E-state index < -0.39 is 16.1 Å². The highest BCUT2D eigenvalue weighted by Gasteiger charge is 2.09. The van der Waals surface area contributed by atoms with Gasteiger partial charge in [0.2, 0.25) is 0 Å². The van der Waals surface area contributed by atoms with Crippen molar-refractivity contribution in [1.29, 1.82) is 0 Å². The first kappa shape index (κ1) is 19.3. The predicted molar refractivity (Wildman–Crippen MR) is 77.2 cm³/mol. The van der Waals surface area contributed by atoms with E-state index in [2.05, 4.69) is 9.22 Å². The number of hydrogen-bond donors (Lipinski definition) is 1. The molecular formula is C13H27NO5S. The van der Waals surface area contributed by atoms with Crippen molar-refractivity contribution in [1.82, 2.24) is 0 Å². The molecular weight excluding hydrogens is 282 g/mol. The van der Waals surface area contributed by atoms with Gasteiger partial charge in [-0.15, -0.1) is 0 Å². The molecule has 0 aliphatic rings. The van der Waals surface area contributed by atoms with Gasteiger partial charge in [-0.25, -0.2) is 4.79 Å². The molecule has 0 radical (unpaired) electrons. The zero-order chi connectivity index (χ0) is 15.3. The molecule has 0 rings (SSSR count). The lowest BCUT2D eigenvalue weighted by atomic mass is 10.1. The molecule has 0 heterocycles. The zero-order valence-electron chi connectivity index (χ0n) is 12.3. The monoisotopic (exact) mass is 309 g/mol. The van der Waals surface area contributed by atoms with Gasteiger partial charge in [-0.3, -0.25) is 4.89 Å². The summed E-state index contributed by atoms with van der Waals surface area (Å²) in [6.45, 7) is 0.777. The summed E-state index contributed by atoms with van der Waals surface area (Å²) in [5.41, 5.74) is 5.41. The molecule has 20 heavy (non-hydrogen) atoms. The normalized spacial score (nSPS) is 11.5. The Hall–Kier alpha value is -0.660. The molecule has 0 aromatic carbocycles. The third-order valence-electron chi connectivity index (χ3n) is 2.84. The van der Waals surface area contributed by atoms with Crippen molar-refractivity contribution >= 4 is 16.1 Å². The predicted octanol–water partition coefficient (Wildman–Crippen LogP) is 2.28. The lowest BCUT2D eigenvalue weighted by Gasteiger charge is -2.02. The number of nitrogens with two attached hydrogens (primary N) is 1. The molecule has 0 aromatic rings. The second-order valence-electron chi connectivity index (χ2n) is 4.95. The Morgan fingerprint density at radius 2 is 1.35 bits per heavy atom. The maximum Gasteiger partial charge on any atom is 0.343 e. The summed E-state index contributed by atoms with van der Waals surface area (Å²) in [6, 6.07) is 0. The molecule has 0 saturated carbocycles. The summed E-state index contributed by atoms with van der Waals surface area (Å²) in [7, 11) is -3.72. The maximum atomic E-state index is 11.1. The molecule has 0 amide bonds. The van der Waals surface area contributed by atoms with Crippen molar-refractivity contribution in [3.63, 3.8) is 0 Å². The van der Waals surface area contributed by atoms with Crippen LogP contribution in [0.5, 0.6) is 0 Å². The third kappa shape index (κ3) is 15.4. The van der Waals surface area contributed by atoms with Gasteiger partial charge < -0.3 is 5.73 Å². The fourth-order valence-corrected chi connectivity index (χ4v) is 1.99. The Kier molecular flexibility index (Phi) is 11.7. The third-order valence-corrected chi connectivity index (χ3v) is 3.15. The molecule has 7 heteroatoms. The summed E-state index contributed by atoms with van der Waals surface area (Å²) in [6.07, 6.45) is 10.9. The average Bonchev–Trinajstić information content (AvgIpc) is 2.38. The maximum absolute atomic E-state index is 11.1. The van der Waals surface area contributed by atoms with Gasteiger partial charge in [-0.05, 0) is 19.4 Å². The first-order chi connectivity index (χ1) is 9.45. The van der Waals surface area contributed by atoms with Gasteiger partial charge >= 0.3 is 5.97 Å². The van der Waals surface area contributed by atoms with Crippen LogP contribution in [-0.2, 0) is 24.1 Å². The summed E-state index contributed by atoms with van der Waals surface area (Å²) < 4.78 is 25.1. The highest BCUT2D eigenvalue weighted by molar-refractivity contribution is 7.85. The van der Waals surface area contributed by atoms with E-state index in [-0.39, 0.29) is 6.42 Å². The van der Waals surface area contributed by atoms with Gasteiger partial charge in [-0.2, -0.15) is 8.42 Å². The Bertz CT molecular complexity index is 343. The minimum absolute atomic E-state index is 0.187. The van der Waals surface area contributed by atoms with Gasteiger partial charge in [0.05, 0.1) is 6.26 Å². The molecule has 0 bridgehead atoms. The van der Waals surface area contributed by atoms with Crippen LogP contribution in [-0.4, -0.2) is 27.2 Å². The quantitative estimate of drug-likeness (QED) is 0.318. The average molecular weight is 309 g/mol. The largest absolute Gasteiger partial charge is 0.343 e. The van der Waals surface area contributed by atoms with Gasteiger partial charge in [0.15, 0.2) is 0 Å². The smallest absolute Gasteiger partial charge is 0.330 e. The lowest BCUT2D eigenvalue weighted by molar-refractivity contribution is -0.211. The first-order valence-electron chi connectivity index (χ1n) is 7.24. The Balaban J connectivity index is 3.25. The number of unbranched alkanes of at least 4 members (excludes halogenated alkanes) is 8. The second kappa shape index (κ2) is 12.1. The number of rotatable bonds is 13. The molecule has 2 N–H and O–H groups in total. The molecule has 6 nitrogen and oxygen atoms in total. The van der Waals surface area contributed by atoms with Gasteiger partial charge in [0.25, 0.3) is 10.1 Å². The van der Waals surface area contributed by atoms with Gasteiger partial charge in [0.1, 0.15) is 0 Å². The summed E-state index contributed by atoms with van der Waals surface area (Å²) >= 11 is 0. The number of carbonyl (C=O) groups is 1. The van der Waals surface area contributed by atoms with E-state index in [4.69, 9.17) is 5.73 Å². The molecule has 0 aliphatic heterocycles. The van der Waals surface area contributed by atoms with Crippen LogP contribution in [0.25, 0.3) is 0 Å². The lowest BCUT2D eigenvalue weighted by Crippen LogP contribution is -2.10. The Morgan fingerprint density at radius 3 is 1.80 bits per heavy atom. The number of carbonyl (C=O) groups excluding carboxylic acids is 1. The topological polar surface area (TPSA) is 95.7 Å². The zero-order valence-corrected chi connectivity index (χ0v) is 13.1. The van der Waals surface area contributed by atoms with E-state index in [0.29, 0.717) is 6.42 Å². The highest BCUT2D eigenvalue weighted by atomic mass is 32.2. The van der Waals surface area contributed by atoms with Crippen molar-refractivity contribution in [3.8, 4) is 0 Å². The van der Waals surface area contributed by atoms with Gasteiger partial charge in [0, 0.05) is 6.42 Å². The van der Waals surface area contributed by atoms with Crippen LogP contribution in [0.2, 0.25) is 0 Å². The van der Waals surface area contributed by atoms with Crippen LogP contribution in [0.1, 0.15) is 64.2 Å². The van der Waals surface area contributed by atoms with Crippen LogP contribution < -0.4 is 5.73 Å². The van der Waals surface area contributed by atoms with Crippen LogP contribution >= 0.6 is 0 Å².